The quantitative estimate of drug-likeness (QED) is 0.138. The highest BCUT2D eigenvalue weighted by Gasteiger charge is 2.20. The molecule has 0 N–H and O–H groups in total. The summed E-state index contributed by atoms with van der Waals surface area (Å²) in [5, 5.41) is 12.5. The Morgan fingerprint density at radius 3 is 1.42 bits per heavy atom. The Morgan fingerprint density at radius 2 is 0.652 bits per heavy atom. The second kappa shape index (κ2) is 17.0. The first-order chi connectivity index (χ1) is 34.2. The molecule has 0 radical (unpaired) electrons. The Bertz CT molecular complexity index is 4040. The molecule has 13 aromatic carbocycles. The molecule has 0 spiro atoms. The standard InChI is InChI=1S/C68H45N/c1-4-16-46(17-5-1)52-30-31-54-44-58(39-34-53(54)42-52)69(56-37-32-48(33-38-56)60-28-15-29-61-59-25-11-10-18-47(59)35-40-63(60)61)57-24-14-23-51(43-57)55-36-41-64-62-26-12-13-27-65(62)67(49-19-6-2-7-20-49)68(66(64)45-55)50-21-8-3-9-22-50/h1-45H. The highest BCUT2D eigenvalue weighted by molar-refractivity contribution is 6.22. The topological polar surface area (TPSA) is 3.24 Å². The number of hydrogen-bond acceptors (Lipinski definition) is 1. The van der Waals surface area contributed by atoms with Crippen molar-refractivity contribution in [3.63, 3.8) is 0 Å². The molecule has 0 amide bonds. The van der Waals surface area contributed by atoms with Crippen molar-refractivity contribution in [2.45, 2.75) is 0 Å². The zero-order valence-electron chi connectivity index (χ0n) is 37.9. The van der Waals surface area contributed by atoms with Crippen LogP contribution in [0.15, 0.2) is 273 Å². The van der Waals surface area contributed by atoms with Gasteiger partial charge in [0.2, 0.25) is 0 Å². The van der Waals surface area contributed by atoms with E-state index in [9.17, 15) is 0 Å². The highest BCUT2D eigenvalue weighted by atomic mass is 15.1. The lowest BCUT2D eigenvalue weighted by Gasteiger charge is -2.27. The Labute approximate surface area is 402 Å². The van der Waals surface area contributed by atoms with Gasteiger partial charge in [-0.05, 0) is 158 Å². The van der Waals surface area contributed by atoms with E-state index in [1.54, 1.807) is 0 Å². The van der Waals surface area contributed by atoms with E-state index in [0.717, 1.165) is 22.6 Å². The van der Waals surface area contributed by atoms with Gasteiger partial charge in [0.25, 0.3) is 0 Å². The minimum atomic E-state index is 1.09. The molecule has 0 aromatic heterocycles. The van der Waals surface area contributed by atoms with Gasteiger partial charge in [0, 0.05) is 17.1 Å². The molecule has 1 nitrogen and oxygen atoms in total. The number of anilines is 3. The third-order valence-corrected chi connectivity index (χ3v) is 14.0. The van der Waals surface area contributed by atoms with Crippen molar-refractivity contribution in [1.29, 1.82) is 0 Å². The fourth-order valence-electron chi connectivity index (χ4n) is 10.7. The van der Waals surface area contributed by atoms with E-state index < -0.39 is 0 Å². The Kier molecular flexibility index (Phi) is 9.91. The van der Waals surface area contributed by atoms with E-state index in [0.29, 0.717) is 0 Å². The number of benzene rings is 13. The summed E-state index contributed by atoms with van der Waals surface area (Å²) in [6, 6.07) is 100. The molecule has 0 aliphatic rings. The third-order valence-electron chi connectivity index (χ3n) is 14.0. The van der Waals surface area contributed by atoms with E-state index in [4.69, 9.17) is 0 Å². The lowest BCUT2D eigenvalue weighted by Crippen LogP contribution is -2.10. The summed E-state index contributed by atoms with van der Waals surface area (Å²) < 4.78 is 0. The molecular formula is C68H45N. The predicted octanol–water partition coefficient (Wildman–Crippen LogP) is 19.3. The van der Waals surface area contributed by atoms with Crippen molar-refractivity contribution >= 4 is 70.9 Å². The molecule has 0 fully saturated rings. The largest absolute Gasteiger partial charge is 0.310 e. The van der Waals surface area contributed by atoms with Crippen molar-refractivity contribution in [2.24, 2.45) is 0 Å². The van der Waals surface area contributed by atoms with Gasteiger partial charge in [-0.25, -0.2) is 0 Å². The second-order valence-corrected chi connectivity index (χ2v) is 18.0. The zero-order chi connectivity index (χ0) is 45.7. The summed E-state index contributed by atoms with van der Waals surface area (Å²) in [5.74, 6) is 0. The van der Waals surface area contributed by atoms with Gasteiger partial charge in [-0.1, -0.05) is 224 Å². The maximum Gasteiger partial charge on any atom is 0.0468 e. The van der Waals surface area contributed by atoms with Crippen LogP contribution in [-0.2, 0) is 0 Å². The molecular weight excluding hydrogens is 831 g/mol. The number of nitrogens with zero attached hydrogens (tertiary/aromatic N) is 1. The van der Waals surface area contributed by atoms with Crippen molar-refractivity contribution in [3.05, 3.63) is 273 Å². The zero-order valence-corrected chi connectivity index (χ0v) is 37.9. The minimum Gasteiger partial charge on any atom is -0.310 e. The second-order valence-electron chi connectivity index (χ2n) is 18.0. The molecule has 13 rings (SSSR count). The van der Waals surface area contributed by atoms with E-state index in [1.165, 1.54) is 104 Å². The average molecular weight is 876 g/mol. The summed E-state index contributed by atoms with van der Waals surface area (Å²) in [6.07, 6.45) is 0. The first-order valence-corrected chi connectivity index (χ1v) is 23.8. The molecule has 0 bridgehead atoms. The SMILES string of the molecule is c1ccc(-c2ccc3cc(N(c4ccc(-c5cccc6c5ccc5ccccc56)cc4)c4cccc(-c5ccc6c(c5)c(-c5ccccc5)c(-c5ccccc5)c5ccccc56)c4)ccc3c2)cc1. The fourth-order valence-corrected chi connectivity index (χ4v) is 10.7. The van der Waals surface area contributed by atoms with Crippen LogP contribution in [0.2, 0.25) is 0 Å². The van der Waals surface area contributed by atoms with E-state index in [1.807, 2.05) is 0 Å². The smallest absolute Gasteiger partial charge is 0.0468 e. The van der Waals surface area contributed by atoms with Crippen molar-refractivity contribution < 1.29 is 0 Å². The van der Waals surface area contributed by atoms with Gasteiger partial charge in [-0.15, -0.1) is 0 Å². The molecule has 0 saturated carbocycles. The maximum atomic E-state index is 2.42. The molecule has 0 aliphatic carbocycles. The van der Waals surface area contributed by atoms with Crippen LogP contribution in [0.4, 0.5) is 17.1 Å². The highest BCUT2D eigenvalue weighted by Crippen LogP contribution is 2.46. The molecule has 69 heavy (non-hydrogen) atoms. The molecule has 0 unspecified atom stereocenters. The Balaban J connectivity index is 0.967. The average Bonchev–Trinajstić information content (AvgIpc) is 3.43. The van der Waals surface area contributed by atoms with Gasteiger partial charge in [0.05, 0.1) is 0 Å². The molecule has 13 aromatic rings. The van der Waals surface area contributed by atoms with Crippen LogP contribution < -0.4 is 4.90 Å². The monoisotopic (exact) mass is 875 g/mol. The lowest BCUT2D eigenvalue weighted by molar-refractivity contribution is 1.29. The van der Waals surface area contributed by atoms with Gasteiger partial charge < -0.3 is 4.90 Å². The summed E-state index contributed by atoms with van der Waals surface area (Å²) in [5.41, 5.74) is 15.4. The molecule has 1 heteroatoms. The number of rotatable bonds is 8. The van der Waals surface area contributed by atoms with Gasteiger partial charge in [-0.2, -0.15) is 0 Å². The van der Waals surface area contributed by atoms with Gasteiger partial charge in [-0.3, -0.25) is 0 Å². The molecule has 0 heterocycles. The van der Waals surface area contributed by atoms with Crippen LogP contribution in [-0.4, -0.2) is 0 Å². The third kappa shape index (κ3) is 7.20. The molecule has 322 valence electrons. The van der Waals surface area contributed by atoms with E-state index >= 15 is 0 Å². The lowest BCUT2D eigenvalue weighted by atomic mass is 9.84. The van der Waals surface area contributed by atoms with Crippen molar-refractivity contribution in [2.75, 3.05) is 4.90 Å². The van der Waals surface area contributed by atoms with Crippen LogP contribution in [0.3, 0.4) is 0 Å². The van der Waals surface area contributed by atoms with Crippen molar-refractivity contribution in [1.82, 2.24) is 0 Å². The van der Waals surface area contributed by atoms with Crippen molar-refractivity contribution in [3.8, 4) is 55.6 Å². The number of hydrogen-bond donors (Lipinski definition) is 0. The molecule has 0 saturated heterocycles. The van der Waals surface area contributed by atoms with Gasteiger partial charge >= 0.3 is 0 Å². The minimum absolute atomic E-state index is 1.09. The van der Waals surface area contributed by atoms with Crippen LogP contribution in [0.5, 0.6) is 0 Å². The molecule has 0 atom stereocenters. The summed E-state index contributed by atoms with van der Waals surface area (Å²) in [7, 11) is 0. The van der Waals surface area contributed by atoms with E-state index in [-0.39, 0.29) is 0 Å². The predicted molar refractivity (Wildman–Crippen MR) is 296 cm³/mol. The Hall–Kier alpha value is -9.04. The van der Waals surface area contributed by atoms with Crippen LogP contribution >= 0.6 is 0 Å². The first-order valence-electron chi connectivity index (χ1n) is 23.8. The van der Waals surface area contributed by atoms with Gasteiger partial charge in [0.15, 0.2) is 0 Å². The Morgan fingerprint density at radius 1 is 0.188 bits per heavy atom. The molecule has 0 aliphatic heterocycles. The van der Waals surface area contributed by atoms with E-state index in [2.05, 4.69) is 278 Å². The summed E-state index contributed by atoms with van der Waals surface area (Å²) in [4.78, 5) is 2.41. The number of fused-ring (bicyclic) bond motifs is 7. The summed E-state index contributed by atoms with van der Waals surface area (Å²) >= 11 is 0. The van der Waals surface area contributed by atoms with Crippen LogP contribution in [0, 0.1) is 0 Å². The maximum absolute atomic E-state index is 2.42. The summed E-state index contributed by atoms with van der Waals surface area (Å²) in [6.45, 7) is 0. The van der Waals surface area contributed by atoms with Gasteiger partial charge in [0.1, 0.15) is 0 Å². The first kappa shape index (κ1) is 40.3. The van der Waals surface area contributed by atoms with Crippen LogP contribution in [0.1, 0.15) is 0 Å². The normalized spacial score (nSPS) is 11.5. The fraction of sp³-hybridized carbons (Fsp3) is 0. The van der Waals surface area contributed by atoms with Crippen LogP contribution in [0.25, 0.3) is 109 Å².